The Hall–Kier alpha value is -0.900. The van der Waals surface area contributed by atoms with Gasteiger partial charge in [-0.2, -0.15) is 26.3 Å². The Morgan fingerprint density at radius 3 is 1.38 bits per heavy atom. The second-order valence-electron chi connectivity index (χ2n) is 2.24. The Bertz CT molecular complexity index is 205. The van der Waals surface area contributed by atoms with Gasteiger partial charge >= 0.3 is 12.4 Å². The molecule has 0 aromatic rings. The zero-order valence-electron chi connectivity index (χ0n) is 6.00. The third-order valence-electron chi connectivity index (χ3n) is 1.30. The van der Waals surface area contributed by atoms with Crippen molar-refractivity contribution in [1.29, 1.82) is 0 Å². The summed E-state index contributed by atoms with van der Waals surface area (Å²) in [6, 6.07) is 0. The molecule has 7 heteroatoms. The predicted molar refractivity (Wildman–Crippen MR) is 30.5 cm³/mol. The lowest BCUT2D eigenvalue weighted by Crippen LogP contribution is -2.56. The number of hydrogen-bond acceptors (Lipinski definition) is 1. The summed E-state index contributed by atoms with van der Waals surface area (Å²) in [5.41, 5.74) is -4.81. The van der Waals surface area contributed by atoms with Crippen molar-refractivity contribution in [2.45, 2.75) is 24.4 Å². The number of halogens is 6. The molecule has 0 amide bonds. The van der Waals surface area contributed by atoms with E-state index < -0.39 is 24.4 Å². The molecule has 0 saturated heterocycles. The minimum absolute atomic E-state index is 1.13. The molecule has 0 aliphatic rings. The third kappa shape index (κ3) is 2.06. The first kappa shape index (κ1) is 12.1. The van der Waals surface area contributed by atoms with E-state index in [4.69, 9.17) is 5.11 Å². The molecule has 0 fully saturated rings. The summed E-state index contributed by atoms with van der Waals surface area (Å²) < 4.78 is 70.3. The van der Waals surface area contributed by atoms with E-state index in [1.54, 1.807) is 0 Å². The highest BCUT2D eigenvalue weighted by molar-refractivity contribution is 5.03. The average Bonchev–Trinajstić information content (AvgIpc) is 1.82. The van der Waals surface area contributed by atoms with Crippen LogP contribution in [0.4, 0.5) is 26.3 Å². The molecule has 13 heavy (non-hydrogen) atoms. The van der Waals surface area contributed by atoms with Gasteiger partial charge in [-0.05, 0) is 0 Å². The van der Waals surface area contributed by atoms with Crippen LogP contribution in [0.2, 0.25) is 0 Å². The van der Waals surface area contributed by atoms with Crippen LogP contribution in [-0.4, -0.2) is 23.1 Å². The molecule has 0 spiro atoms. The van der Waals surface area contributed by atoms with Gasteiger partial charge in [-0.1, -0.05) is 0 Å². The molecule has 0 aromatic heterocycles. The molecule has 1 nitrogen and oxygen atoms in total. The Labute approximate surface area is 69.4 Å². The monoisotopic (exact) mass is 206 g/mol. The van der Waals surface area contributed by atoms with E-state index in [2.05, 4.69) is 6.42 Å². The molecule has 1 N–H and O–H groups in total. The molecule has 0 aliphatic carbocycles. The minimum atomic E-state index is -5.82. The maximum absolute atomic E-state index is 11.7. The summed E-state index contributed by atoms with van der Waals surface area (Å²) >= 11 is 0. The van der Waals surface area contributed by atoms with Crippen LogP contribution in [0.25, 0.3) is 0 Å². The fourth-order valence-electron chi connectivity index (χ4n) is 0.509. The van der Waals surface area contributed by atoms with E-state index in [-0.39, 0.29) is 0 Å². The van der Waals surface area contributed by atoms with Gasteiger partial charge in [0.15, 0.2) is 0 Å². The Kier molecular flexibility index (Phi) is 2.89. The van der Waals surface area contributed by atoms with Gasteiger partial charge in [-0.25, -0.2) is 0 Å². The Balaban J connectivity index is 5.11. The van der Waals surface area contributed by atoms with Crippen LogP contribution in [0.1, 0.15) is 6.42 Å². The number of terminal acetylenes is 1. The van der Waals surface area contributed by atoms with Crippen LogP contribution in [0.15, 0.2) is 0 Å². The van der Waals surface area contributed by atoms with Gasteiger partial charge in [0, 0.05) is 0 Å². The van der Waals surface area contributed by atoms with E-state index in [0.717, 1.165) is 5.92 Å². The fourth-order valence-corrected chi connectivity index (χ4v) is 0.509. The fraction of sp³-hybridized carbons (Fsp3) is 0.667. The van der Waals surface area contributed by atoms with Gasteiger partial charge in [0.2, 0.25) is 0 Å². The maximum Gasteiger partial charge on any atom is 0.427 e. The predicted octanol–water partition coefficient (Wildman–Crippen LogP) is 1.87. The van der Waals surface area contributed by atoms with Gasteiger partial charge in [0.1, 0.15) is 0 Å². The Morgan fingerprint density at radius 1 is 1.00 bits per heavy atom. The van der Waals surface area contributed by atoms with Crippen LogP contribution >= 0.6 is 0 Å². The number of aliphatic hydroxyl groups is 1. The number of alkyl halides is 6. The van der Waals surface area contributed by atoms with Gasteiger partial charge in [-0.3, -0.25) is 0 Å². The van der Waals surface area contributed by atoms with E-state index in [0.29, 0.717) is 0 Å². The van der Waals surface area contributed by atoms with Crippen molar-refractivity contribution >= 4 is 0 Å². The highest BCUT2D eigenvalue weighted by Crippen LogP contribution is 2.44. The lowest BCUT2D eigenvalue weighted by atomic mass is 9.99. The first-order chi connectivity index (χ1) is 5.56. The minimum Gasteiger partial charge on any atom is -0.373 e. The normalized spacial score (nSPS) is 14.0. The van der Waals surface area contributed by atoms with Crippen molar-refractivity contribution in [3.05, 3.63) is 0 Å². The summed E-state index contributed by atoms with van der Waals surface area (Å²) in [5.74, 6) is 1.13. The van der Waals surface area contributed by atoms with Gasteiger partial charge in [-0.15, -0.1) is 12.3 Å². The zero-order chi connectivity index (χ0) is 10.9. The summed E-state index contributed by atoms with van der Waals surface area (Å²) in [6.45, 7) is 0. The van der Waals surface area contributed by atoms with Crippen molar-refractivity contribution in [1.82, 2.24) is 0 Å². The largest absolute Gasteiger partial charge is 0.427 e. The van der Waals surface area contributed by atoms with Crippen LogP contribution < -0.4 is 0 Å². The van der Waals surface area contributed by atoms with E-state index in [1.165, 1.54) is 0 Å². The standard InChI is InChI=1S/C6H4F6O/c1-2-3-4(13,5(7,8)9)6(10,11)12/h1,13H,3H2. The van der Waals surface area contributed by atoms with Crippen LogP contribution in [-0.2, 0) is 0 Å². The van der Waals surface area contributed by atoms with Crippen molar-refractivity contribution in [3.63, 3.8) is 0 Å². The molecule has 0 radical (unpaired) electrons. The molecular weight excluding hydrogens is 202 g/mol. The van der Waals surface area contributed by atoms with Gasteiger partial charge in [0.05, 0.1) is 6.42 Å². The number of rotatable bonds is 1. The second-order valence-corrected chi connectivity index (χ2v) is 2.24. The topological polar surface area (TPSA) is 20.2 Å². The maximum atomic E-state index is 11.7. The van der Waals surface area contributed by atoms with E-state index in [9.17, 15) is 26.3 Å². The summed E-state index contributed by atoms with van der Waals surface area (Å²) in [7, 11) is 0. The lowest BCUT2D eigenvalue weighted by molar-refractivity contribution is -0.365. The summed E-state index contributed by atoms with van der Waals surface area (Å²) in [5, 5.41) is 8.29. The number of hydrogen-bond donors (Lipinski definition) is 1. The van der Waals surface area contributed by atoms with Gasteiger partial charge in [0.25, 0.3) is 5.60 Å². The molecular formula is C6H4F6O. The molecule has 0 rings (SSSR count). The van der Waals surface area contributed by atoms with Crippen molar-refractivity contribution in [2.75, 3.05) is 0 Å². The first-order valence-electron chi connectivity index (χ1n) is 2.85. The molecule has 0 atom stereocenters. The van der Waals surface area contributed by atoms with E-state index in [1.807, 2.05) is 0 Å². The van der Waals surface area contributed by atoms with Gasteiger partial charge < -0.3 is 5.11 Å². The molecule has 0 aliphatic heterocycles. The smallest absolute Gasteiger partial charge is 0.373 e. The quantitative estimate of drug-likeness (QED) is 0.512. The highest BCUT2D eigenvalue weighted by atomic mass is 19.4. The summed E-state index contributed by atoms with van der Waals surface area (Å²) in [6.07, 6.45) is -9.19. The summed E-state index contributed by atoms with van der Waals surface area (Å²) in [4.78, 5) is 0. The first-order valence-corrected chi connectivity index (χ1v) is 2.85. The molecule has 0 unspecified atom stereocenters. The van der Waals surface area contributed by atoms with Crippen molar-refractivity contribution in [3.8, 4) is 12.3 Å². The Morgan fingerprint density at radius 2 is 1.31 bits per heavy atom. The molecule has 0 bridgehead atoms. The highest BCUT2D eigenvalue weighted by Gasteiger charge is 2.69. The van der Waals surface area contributed by atoms with Crippen LogP contribution in [0.3, 0.4) is 0 Å². The zero-order valence-corrected chi connectivity index (χ0v) is 6.00. The SMILES string of the molecule is C#CCC(O)(C(F)(F)F)C(F)(F)F. The second kappa shape index (κ2) is 3.10. The molecule has 0 saturated carbocycles. The van der Waals surface area contributed by atoms with Crippen molar-refractivity contribution in [2.24, 2.45) is 0 Å². The lowest BCUT2D eigenvalue weighted by Gasteiger charge is -2.30. The van der Waals surface area contributed by atoms with Crippen molar-refractivity contribution < 1.29 is 31.4 Å². The third-order valence-corrected chi connectivity index (χ3v) is 1.30. The van der Waals surface area contributed by atoms with Crippen LogP contribution in [0.5, 0.6) is 0 Å². The molecule has 76 valence electrons. The molecule has 0 aromatic carbocycles. The van der Waals surface area contributed by atoms with E-state index >= 15 is 0 Å². The molecule has 0 heterocycles. The van der Waals surface area contributed by atoms with Crippen LogP contribution in [0, 0.1) is 12.3 Å². The average molecular weight is 206 g/mol.